The molecule has 1 amide bonds. The van der Waals surface area contributed by atoms with Gasteiger partial charge in [-0.25, -0.2) is 19.3 Å². The van der Waals surface area contributed by atoms with Crippen molar-refractivity contribution in [1.29, 1.82) is 0 Å². The van der Waals surface area contributed by atoms with Crippen LogP contribution in [0.2, 0.25) is 0 Å². The van der Waals surface area contributed by atoms with Gasteiger partial charge in [-0.3, -0.25) is 14.0 Å². The molecule has 6 rings (SSSR count). The third kappa shape index (κ3) is 4.97. The van der Waals surface area contributed by atoms with E-state index in [-0.39, 0.29) is 53.5 Å². The first-order valence-corrected chi connectivity index (χ1v) is 14.0. The van der Waals surface area contributed by atoms with E-state index in [1.807, 2.05) is 13.8 Å². The number of ether oxygens (including phenoxy) is 1. The number of carbonyl (C=O) groups excluding carboxylic acids is 2. The topological polar surface area (TPSA) is 137 Å². The summed E-state index contributed by atoms with van der Waals surface area (Å²) in [4.78, 5) is 39.8. The SMILES string of the molecule is C[C@H]1CC[C@](C(=O)C2(C)COC2)(c2nc(-c3ccc(C(=O)Nc4cc(C(F)(F)F)ccn4)cc3F)c3c(N)nccn23)CN1. The number of rotatable bonds is 6. The molecule has 2 atom stereocenters. The van der Waals surface area contributed by atoms with Crippen molar-refractivity contribution in [1.82, 2.24) is 24.7 Å². The average molecular weight is 612 g/mol. The van der Waals surface area contributed by atoms with E-state index in [1.165, 1.54) is 18.3 Å². The Bertz CT molecular complexity index is 1780. The van der Waals surface area contributed by atoms with Gasteiger partial charge in [0.05, 0.1) is 24.2 Å². The molecule has 2 aliphatic rings. The van der Waals surface area contributed by atoms with E-state index in [1.54, 1.807) is 10.6 Å². The minimum absolute atomic E-state index is 0.000110. The molecule has 2 fully saturated rings. The number of alkyl halides is 3. The highest BCUT2D eigenvalue weighted by atomic mass is 19.4. The number of nitrogens with one attached hydrogen (secondary N) is 2. The fourth-order valence-electron chi connectivity index (χ4n) is 5.91. The molecule has 0 spiro atoms. The lowest BCUT2D eigenvalue weighted by atomic mass is 9.65. The first-order chi connectivity index (χ1) is 20.8. The third-order valence-corrected chi connectivity index (χ3v) is 8.41. The van der Waals surface area contributed by atoms with E-state index in [9.17, 15) is 22.8 Å². The molecule has 0 bridgehead atoms. The number of imidazole rings is 1. The van der Waals surface area contributed by atoms with E-state index in [0.29, 0.717) is 36.8 Å². The summed E-state index contributed by atoms with van der Waals surface area (Å²) < 4.78 is 62.1. The van der Waals surface area contributed by atoms with Crippen molar-refractivity contribution in [3.63, 3.8) is 0 Å². The zero-order valence-corrected chi connectivity index (χ0v) is 23.8. The van der Waals surface area contributed by atoms with E-state index < -0.39 is 34.3 Å². The number of ketones is 1. The number of halogens is 4. The van der Waals surface area contributed by atoms with Gasteiger partial charge in [-0.15, -0.1) is 0 Å². The fourth-order valence-corrected chi connectivity index (χ4v) is 5.91. The largest absolute Gasteiger partial charge is 0.416 e. The minimum Gasteiger partial charge on any atom is -0.382 e. The van der Waals surface area contributed by atoms with Gasteiger partial charge in [-0.1, -0.05) is 0 Å². The van der Waals surface area contributed by atoms with E-state index in [4.69, 9.17) is 15.5 Å². The zero-order chi connectivity index (χ0) is 31.4. The van der Waals surface area contributed by atoms with Crippen LogP contribution in [0.3, 0.4) is 0 Å². The fraction of sp³-hybridized carbons (Fsp3) is 0.367. The summed E-state index contributed by atoms with van der Waals surface area (Å²) in [6, 6.07) is 5.24. The highest BCUT2D eigenvalue weighted by Gasteiger charge is 2.55. The van der Waals surface area contributed by atoms with Gasteiger partial charge in [0.1, 0.15) is 39.9 Å². The maximum Gasteiger partial charge on any atom is 0.416 e. The number of nitrogens with two attached hydrogens (primary N) is 1. The summed E-state index contributed by atoms with van der Waals surface area (Å²) in [5, 5.41) is 5.68. The number of fused-ring (bicyclic) bond motifs is 1. The lowest BCUT2D eigenvalue weighted by molar-refractivity contribution is -0.162. The standard InChI is InChI=1S/C30H29F4N7O3/c1-16-5-7-29(13-38-16,26(43)28(2)14-44-15-28)27-40-22(23-24(35)37-9-10-41(23)27)19-4-3-17(11-20(19)31)25(42)39-21-12-18(6-8-36-21)30(32,33)34/h3-4,6,8-12,16,38H,5,7,13-15H2,1-2H3,(H2,35,37)(H,36,39,42)/t16-,29-/m0/s1. The van der Waals surface area contributed by atoms with Gasteiger partial charge in [0.25, 0.3) is 5.91 Å². The number of piperidine rings is 1. The van der Waals surface area contributed by atoms with Crippen molar-refractivity contribution in [2.45, 2.75) is 44.3 Å². The number of nitrogen functional groups attached to an aromatic ring is 1. The summed E-state index contributed by atoms with van der Waals surface area (Å²) in [5.41, 5.74) is 3.81. The number of carbonyl (C=O) groups is 2. The van der Waals surface area contributed by atoms with Crippen LogP contribution in [0.1, 0.15) is 48.4 Å². The van der Waals surface area contributed by atoms with Gasteiger partial charge in [0.2, 0.25) is 0 Å². The average Bonchev–Trinajstić information content (AvgIpc) is 3.37. The maximum atomic E-state index is 15.8. The molecule has 10 nitrogen and oxygen atoms in total. The Morgan fingerprint density at radius 2 is 1.93 bits per heavy atom. The van der Waals surface area contributed by atoms with Crippen molar-refractivity contribution in [2.24, 2.45) is 5.41 Å². The molecule has 4 aromatic rings. The molecule has 44 heavy (non-hydrogen) atoms. The second kappa shape index (κ2) is 10.6. The van der Waals surface area contributed by atoms with Crippen LogP contribution in [-0.2, 0) is 21.1 Å². The highest BCUT2D eigenvalue weighted by molar-refractivity contribution is 6.04. The van der Waals surface area contributed by atoms with Gasteiger partial charge >= 0.3 is 6.18 Å². The number of amides is 1. The van der Waals surface area contributed by atoms with Gasteiger partial charge < -0.3 is 21.1 Å². The van der Waals surface area contributed by atoms with Crippen LogP contribution in [-0.4, -0.2) is 56.8 Å². The van der Waals surface area contributed by atoms with Crippen molar-refractivity contribution in [3.8, 4) is 11.3 Å². The molecule has 2 saturated heterocycles. The second-order valence-electron chi connectivity index (χ2n) is 11.7. The second-order valence-corrected chi connectivity index (χ2v) is 11.7. The number of hydrogen-bond donors (Lipinski definition) is 3. The predicted molar refractivity (Wildman–Crippen MR) is 152 cm³/mol. The Hall–Kier alpha value is -4.43. The Labute approximate surface area is 249 Å². The molecule has 4 N–H and O–H groups in total. The number of anilines is 2. The number of nitrogens with zero attached hydrogens (tertiary/aromatic N) is 4. The summed E-state index contributed by atoms with van der Waals surface area (Å²) >= 11 is 0. The van der Waals surface area contributed by atoms with Crippen LogP contribution in [0.4, 0.5) is 29.2 Å². The summed E-state index contributed by atoms with van der Waals surface area (Å²) in [6.45, 7) is 4.79. The van der Waals surface area contributed by atoms with Crippen LogP contribution in [0.15, 0.2) is 48.9 Å². The van der Waals surface area contributed by atoms with Crippen molar-refractivity contribution >= 4 is 28.8 Å². The summed E-state index contributed by atoms with van der Waals surface area (Å²) in [6.07, 6.45) is 0.603. The lowest BCUT2D eigenvalue weighted by Gasteiger charge is -2.46. The monoisotopic (exact) mass is 611 g/mol. The lowest BCUT2D eigenvalue weighted by Crippen LogP contribution is -2.61. The normalized spacial score (nSPS) is 21.5. The molecule has 14 heteroatoms. The molecular formula is C30H29F4N7O3. The Kier molecular flexibility index (Phi) is 7.16. The molecule has 0 saturated carbocycles. The first kappa shape index (κ1) is 29.6. The first-order valence-electron chi connectivity index (χ1n) is 14.0. The number of hydrogen-bond acceptors (Lipinski definition) is 8. The van der Waals surface area contributed by atoms with Crippen LogP contribution in [0.25, 0.3) is 16.8 Å². The molecular weight excluding hydrogens is 582 g/mol. The van der Waals surface area contributed by atoms with Gasteiger partial charge in [0.15, 0.2) is 5.78 Å². The predicted octanol–water partition coefficient (Wildman–Crippen LogP) is 4.40. The third-order valence-electron chi connectivity index (χ3n) is 8.41. The molecule has 1 aromatic carbocycles. The Balaban J connectivity index is 1.40. The number of aromatic nitrogens is 4. The summed E-state index contributed by atoms with van der Waals surface area (Å²) in [5.74, 6) is -1.60. The van der Waals surface area contributed by atoms with E-state index in [0.717, 1.165) is 18.3 Å². The van der Waals surface area contributed by atoms with E-state index in [2.05, 4.69) is 20.6 Å². The minimum atomic E-state index is -4.63. The van der Waals surface area contributed by atoms with Crippen LogP contribution in [0, 0.1) is 11.2 Å². The van der Waals surface area contributed by atoms with Crippen molar-refractivity contribution < 1.29 is 31.9 Å². The van der Waals surface area contributed by atoms with Gasteiger partial charge in [-0.05, 0) is 57.0 Å². The van der Waals surface area contributed by atoms with Crippen LogP contribution >= 0.6 is 0 Å². The molecule has 0 radical (unpaired) electrons. The highest BCUT2D eigenvalue weighted by Crippen LogP contribution is 2.44. The summed E-state index contributed by atoms with van der Waals surface area (Å²) in [7, 11) is 0. The number of benzene rings is 1. The van der Waals surface area contributed by atoms with Crippen molar-refractivity contribution in [2.75, 3.05) is 30.8 Å². The number of pyridine rings is 1. The Morgan fingerprint density at radius 3 is 2.57 bits per heavy atom. The number of Topliss-reactive ketones (excluding diaryl/α,β-unsaturated/α-hetero) is 1. The van der Waals surface area contributed by atoms with E-state index >= 15 is 4.39 Å². The molecule has 230 valence electrons. The van der Waals surface area contributed by atoms with Gasteiger partial charge in [-0.2, -0.15) is 13.2 Å². The quantitative estimate of drug-likeness (QED) is 0.273. The van der Waals surface area contributed by atoms with Gasteiger partial charge in [0, 0.05) is 42.3 Å². The maximum absolute atomic E-state index is 15.8. The smallest absolute Gasteiger partial charge is 0.382 e. The van der Waals surface area contributed by atoms with Crippen molar-refractivity contribution in [3.05, 3.63) is 71.7 Å². The molecule has 3 aromatic heterocycles. The van der Waals surface area contributed by atoms with Crippen LogP contribution in [0.5, 0.6) is 0 Å². The zero-order valence-electron chi connectivity index (χ0n) is 23.8. The molecule has 0 aliphatic carbocycles. The Morgan fingerprint density at radius 1 is 1.16 bits per heavy atom. The van der Waals surface area contributed by atoms with Crippen LogP contribution < -0.4 is 16.4 Å². The molecule has 5 heterocycles. The molecule has 0 unspecified atom stereocenters. The molecule has 2 aliphatic heterocycles.